The first-order chi connectivity index (χ1) is 22.5. The molecule has 0 aromatic carbocycles. The van der Waals surface area contributed by atoms with E-state index in [0.29, 0.717) is 31.6 Å². The van der Waals surface area contributed by atoms with E-state index in [9.17, 15) is 9.59 Å². The van der Waals surface area contributed by atoms with Gasteiger partial charge < -0.3 is 26.4 Å². The fourth-order valence-electron chi connectivity index (χ4n) is 10.8. The van der Waals surface area contributed by atoms with Gasteiger partial charge in [-0.1, -0.05) is 65.5 Å². The van der Waals surface area contributed by atoms with E-state index in [-0.39, 0.29) is 67.0 Å². The Morgan fingerprint density at radius 2 is 1.58 bits per heavy atom. The molecule has 0 heterocycles. The molecular formula is C40H75Cl3N4O3. The quantitative estimate of drug-likeness (QED) is 0.0527. The van der Waals surface area contributed by atoms with Crippen molar-refractivity contribution in [3.05, 3.63) is 11.6 Å². The summed E-state index contributed by atoms with van der Waals surface area (Å²) in [6.45, 7) is 16.8. The zero-order valence-corrected chi connectivity index (χ0v) is 34.7. The van der Waals surface area contributed by atoms with E-state index in [4.69, 9.17) is 16.2 Å². The molecule has 7 nitrogen and oxygen atoms in total. The van der Waals surface area contributed by atoms with Crippen LogP contribution in [0.25, 0.3) is 0 Å². The van der Waals surface area contributed by atoms with Gasteiger partial charge in [-0.3, -0.25) is 9.59 Å². The SMILES string of the molecule is CC(C)CCCC(C)C1CCC2C3CC=C4CC(OC(=O)CC(=O)N(CCCN)CCCCNCCCN)CCC4(C)C3CCC12C.Cl.Cl.Cl. The average Bonchev–Trinajstić information content (AvgIpc) is 3.39. The molecular weight excluding hydrogens is 691 g/mol. The molecule has 3 fully saturated rings. The Kier molecular flexibility index (Phi) is 21.4. The summed E-state index contributed by atoms with van der Waals surface area (Å²) in [5, 5.41) is 3.39. The molecule has 4 aliphatic carbocycles. The smallest absolute Gasteiger partial charge is 0.315 e. The zero-order valence-electron chi connectivity index (χ0n) is 32.2. The first kappa shape index (κ1) is 47.5. The molecule has 0 saturated heterocycles. The number of rotatable bonds is 19. The number of halogens is 3. The van der Waals surface area contributed by atoms with Crippen LogP contribution in [0.1, 0.15) is 137 Å². The van der Waals surface area contributed by atoms with E-state index >= 15 is 0 Å². The molecule has 4 rings (SSSR count). The second-order valence-corrected chi connectivity index (χ2v) is 16.9. The van der Waals surface area contributed by atoms with Gasteiger partial charge in [0.05, 0.1) is 0 Å². The second-order valence-electron chi connectivity index (χ2n) is 16.9. The van der Waals surface area contributed by atoms with Crippen molar-refractivity contribution in [1.29, 1.82) is 0 Å². The van der Waals surface area contributed by atoms with Crippen LogP contribution in [-0.4, -0.2) is 62.1 Å². The lowest BCUT2D eigenvalue weighted by atomic mass is 9.47. The summed E-state index contributed by atoms with van der Waals surface area (Å²) in [5.41, 5.74) is 13.6. The lowest BCUT2D eigenvalue weighted by Crippen LogP contribution is -2.51. The molecule has 0 spiro atoms. The molecule has 5 N–H and O–H groups in total. The van der Waals surface area contributed by atoms with Crippen LogP contribution >= 0.6 is 37.2 Å². The molecule has 0 radical (unpaired) electrons. The van der Waals surface area contributed by atoms with Crippen LogP contribution in [0.5, 0.6) is 0 Å². The third-order valence-corrected chi connectivity index (χ3v) is 13.4. The number of ether oxygens (including phenoxy) is 1. The molecule has 0 aromatic rings. The second kappa shape index (κ2) is 22.6. The highest BCUT2D eigenvalue weighted by Gasteiger charge is 2.59. The fourth-order valence-corrected chi connectivity index (χ4v) is 10.8. The fraction of sp³-hybridized carbons (Fsp3) is 0.900. The maximum Gasteiger partial charge on any atom is 0.315 e. The van der Waals surface area contributed by atoms with Gasteiger partial charge in [-0.25, -0.2) is 0 Å². The van der Waals surface area contributed by atoms with Crippen LogP contribution in [0.2, 0.25) is 0 Å². The topological polar surface area (TPSA) is 111 Å². The summed E-state index contributed by atoms with van der Waals surface area (Å²) in [4.78, 5) is 28.0. The number of amides is 1. The zero-order chi connectivity index (χ0) is 34.0. The van der Waals surface area contributed by atoms with Crippen molar-refractivity contribution in [2.24, 2.45) is 57.8 Å². The van der Waals surface area contributed by atoms with Gasteiger partial charge in [0, 0.05) is 19.5 Å². The van der Waals surface area contributed by atoms with Gasteiger partial charge in [0.15, 0.2) is 0 Å². The summed E-state index contributed by atoms with van der Waals surface area (Å²) in [5.74, 6) is 4.43. The predicted molar refractivity (Wildman–Crippen MR) is 215 cm³/mol. The Labute approximate surface area is 324 Å². The molecule has 4 aliphatic rings. The van der Waals surface area contributed by atoms with Crippen molar-refractivity contribution >= 4 is 49.1 Å². The standard InChI is InChI=1S/C40H72N4O3.3ClH/c1-29(2)11-8-12-30(3)34-15-16-35-33-14-13-31-27-32(17-19-39(31,4)36(33)18-20-40(34,35)5)47-38(46)28-37(45)44(26-10-22-42)25-7-6-23-43-24-9-21-41;;;/h13,29-30,32-36,43H,6-12,14-28,41-42H2,1-5H3;3*1H. The molecule has 8 unspecified atom stereocenters. The number of nitrogens with two attached hydrogens (primary N) is 2. The minimum absolute atomic E-state index is 0. The minimum atomic E-state index is -0.368. The van der Waals surface area contributed by atoms with E-state index in [2.05, 4.69) is 46.0 Å². The Balaban J connectivity index is 0.00000417. The van der Waals surface area contributed by atoms with E-state index < -0.39 is 0 Å². The van der Waals surface area contributed by atoms with Crippen molar-refractivity contribution in [2.45, 2.75) is 143 Å². The van der Waals surface area contributed by atoms with Crippen molar-refractivity contribution in [3.63, 3.8) is 0 Å². The number of nitrogens with one attached hydrogen (secondary N) is 1. The summed E-state index contributed by atoms with van der Waals surface area (Å²) in [6, 6.07) is 0. The van der Waals surface area contributed by atoms with Gasteiger partial charge in [-0.2, -0.15) is 0 Å². The van der Waals surface area contributed by atoms with Gasteiger partial charge in [-0.05, 0) is 143 Å². The van der Waals surface area contributed by atoms with Crippen LogP contribution in [-0.2, 0) is 14.3 Å². The number of esters is 1. The van der Waals surface area contributed by atoms with E-state index in [1.165, 1.54) is 56.9 Å². The molecule has 0 bridgehead atoms. The summed E-state index contributed by atoms with van der Waals surface area (Å²) >= 11 is 0. The predicted octanol–water partition coefficient (Wildman–Crippen LogP) is 8.49. The molecule has 0 aliphatic heterocycles. The van der Waals surface area contributed by atoms with Crippen LogP contribution in [0, 0.1) is 46.3 Å². The highest BCUT2D eigenvalue weighted by molar-refractivity contribution is 5.94. The van der Waals surface area contributed by atoms with Gasteiger partial charge >= 0.3 is 5.97 Å². The molecule has 8 atom stereocenters. The van der Waals surface area contributed by atoms with Crippen molar-refractivity contribution < 1.29 is 14.3 Å². The van der Waals surface area contributed by atoms with Crippen LogP contribution in [0.15, 0.2) is 11.6 Å². The Hall–Kier alpha value is -0.570. The molecule has 0 aromatic heterocycles. The number of carbonyl (C=O) groups is 2. The first-order valence-electron chi connectivity index (χ1n) is 19.8. The number of fused-ring (bicyclic) bond motifs is 5. The Bertz CT molecular complexity index is 1050. The summed E-state index contributed by atoms with van der Waals surface area (Å²) < 4.78 is 6.03. The number of carbonyl (C=O) groups excluding carboxylic acids is 2. The molecule has 10 heteroatoms. The van der Waals surface area contributed by atoms with Crippen molar-refractivity contribution in [2.75, 3.05) is 39.3 Å². The monoisotopic (exact) mass is 764 g/mol. The van der Waals surface area contributed by atoms with Gasteiger partial charge in [0.25, 0.3) is 0 Å². The molecule has 50 heavy (non-hydrogen) atoms. The van der Waals surface area contributed by atoms with Crippen LogP contribution in [0.3, 0.4) is 0 Å². The number of hydrogen-bond acceptors (Lipinski definition) is 6. The highest BCUT2D eigenvalue weighted by Crippen LogP contribution is 2.67. The van der Waals surface area contributed by atoms with Gasteiger partial charge in [-0.15, -0.1) is 37.2 Å². The third-order valence-electron chi connectivity index (χ3n) is 13.4. The third kappa shape index (κ3) is 12.0. The highest BCUT2D eigenvalue weighted by atomic mass is 35.5. The lowest BCUT2D eigenvalue weighted by molar-refractivity contribution is -0.155. The Morgan fingerprint density at radius 3 is 2.28 bits per heavy atom. The average molecular weight is 766 g/mol. The van der Waals surface area contributed by atoms with Crippen molar-refractivity contribution in [1.82, 2.24) is 10.2 Å². The number of hydrogen-bond donors (Lipinski definition) is 3. The number of unbranched alkanes of at least 4 members (excludes halogenated alkanes) is 1. The maximum atomic E-state index is 13.1. The van der Waals surface area contributed by atoms with Crippen LogP contribution < -0.4 is 16.8 Å². The van der Waals surface area contributed by atoms with Gasteiger partial charge in [0.2, 0.25) is 5.91 Å². The minimum Gasteiger partial charge on any atom is -0.462 e. The molecule has 294 valence electrons. The van der Waals surface area contributed by atoms with Gasteiger partial charge in [0.1, 0.15) is 12.5 Å². The largest absolute Gasteiger partial charge is 0.462 e. The van der Waals surface area contributed by atoms with E-state index in [1.54, 1.807) is 0 Å². The van der Waals surface area contributed by atoms with Crippen LogP contribution in [0.4, 0.5) is 0 Å². The lowest BCUT2D eigenvalue weighted by Gasteiger charge is -2.58. The number of nitrogens with zero attached hydrogens (tertiary/aromatic N) is 1. The summed E-state index contributed by atoms with van der Waals surface area (Å²) in [6.07, 6.45) is 19.6. The number of allylic oxidation sites excluding steroid dienone is 1. The normalized spacial score (nSPS) is 30.3. The first-order valence-corrected chi connectivity index (χ1v) is 19.8. The van der Waals surface area contributed by atoms with E-state index in [0.717, 1.165) is 93.5 Å². The molecule has 1 amide bonds. The Morgan fingerprint density at radius 1 is 0.880 bits per heavy atom. The molecule has 3 saturated carbocycles. The van der Waals surface area contributed by atoms with E-state index in [1.807, 2.05) is 4.90 Å². The maximum absolute atomic E-state index is 13.1. The van der Waals surface area contributed by atoms with Crippen molar-refractivity contribution in [3.8, 4) is 0 Å². The summed E-state index contributed by atoms with van der Waals surface area (Å²) in [7, 11) is 0.